The minimum absolute atomic E-state index is 0.161. The van der Waals surface area contributed by atoms with Crippen LogP contribution >= 0.6 is 0 Å². The minimum atomic E-state index is -4.74. The molecule has 5 nitrogen and oxygen atoms in total. The first-order chi connectivity index (χ1) is 17.8. The first kappa shape index (κ1) is 28.4. The van der Waals surface area contributed by atoms with E-state index >= 15 is 0 Å². The summed E-state index contributed by atoms with van der Waals surface area (Å²) in [5.41, 5.74) is 7.22. The number of aromatic nitrogens is 2. The molecule has 2 N–H and O–H groups in total. The third-order valence-electron chi connectivity index (χ3n) is 4.76. The maximum atomic E-state index is 13.8. The highest BCUT2D eigenvalue weighted by Crippen LogP contribution is 2.25. The summed E-state index contributed by atoms with van der Waals surface area (Å²) in [6.07, 6.45) is -6.35. The fraction of sp³-hybridized carbons (Fsp3) is 0.160. The van der Waals surface area contributed by atoms with Crippen molar-refractivity contribution in [3.63, 3.8) is 0 Å². The molecule has 0 radical (unpaired) electrons. The largest absolute Gasteiger partial charge is 0.573 e. The first-order valence-corrected chi connectivity index (χ1v) is 10.7. The SMILES string of the molecule is Fc1ccc(-c2cn(Cc3ccc(OC(F)(F)F)cc3)cn2)c(F)c1.NCc1ccc(OC(F)(F)F)cc1. The number of nitrogens with two attached hydrogens (primary N) is 1. The number of alkyl halides is 6. The number of nitrogens with zero attached hydrogens (tertiary/aromatic N) is 2. The van der Waals surface area contributed by atoms with E-state index in [0.717, 1.165) is 17.7 Å². The smallest absolute Gasteiger partial charge is 0.406 e. The lowest BCUT2D eigenvalue weighted by Crippen LogP contribution is -2.17. The van der Waals surface area contributed by atoms with Crippen LogP contribution in [0.1, 0.15) is 11.1 Å². The van der Waals surface area contributed by atoms with Crippen molar-refractivity contribution in [1.82, 2.24) is 9.55 Å². The summed E-state index contributed by atoms with van der Waals surface area (Å²) in [6, 6.07) is 14.0. The molecule has 0 spiro atoms. The Kier molecular flexibility index (Phi) is 8.94. The predicted molar refractivity (Wildman–Crippen MR) is 121 cm³/mol. The molecule has 0 saturated heterocycles. The van der Waals surface area contributed by atoms with E-state index in [-0.39, 0.29) is 17.1 Å². The number of hydrogen-bond donors (Lipinski definition) is 1. The Morgan fingerprint density at radius 2 is 1.26 bits per heavy atom. The van der Waals surface area contributed by atoms with Gasteiger partial charge in [-0.25, -0.2) is 13.8 Å². The van der Waals surface area contributed by atoms with E-state index in [4.69, 9.17) is 5.73 Å². The number of halogens is 8. The Bertz CT molecular complexity index is 1320. The van der Waals surface area contributed by atoms with E-state index < -0.39 is 24.4 Å². The molecule has 0 aliphatic carbocycles. The number of rotatable bonds is 6. The standard InChI is InChI=1S/C17H11F5N2O.C8H8F3NO/c18-12-3-6-14(15(19)7-12)16-9-24(10-23-16)8-11-1-4-13(5-2-11)25-17(20,21)22;9-8(10,11)13-7-3-1-6(5-12)2-4-7/h1-7,9-10H,8H2;1-4H,5,12H2. The van der Waals surface area contributed by atoms with Gasteiger partial charge in [-0.2, -0.15) is 0 Å². The van der Waals surface area contributed by atoms with E-state index in [1.165, 1.54) is 60.9 Å². The maximum Gasteiger partial charge on any atom is 0.573 e. The van der Waals surface area contributed by atoms with Gasteiger partial charge >= 0.3 is 12.7 Å². The predicted octanol–water partition coefficient (Wildman–Crippen LogP) is 6.82. The maximum absolute atomic E-state index is 13.8. The average molecular weight is 545 g/mol. The summed E-state index contributed by atoms with van der Waals surface area (Å²) in [7, 11) is 0. The molecule has 0 amide bonds. The van der Waals surface area contributed by atoms with E-state index in [1.54, 1.807) is 10.8 Å². The van der Waals surface area contributed by atoms with Crippen LogP contribution in [0.2, 0.25) is 0 Å². The lowest BCUT2D eigenvalue weighted by molar-refractivity contribution is -0.275. The summed E-state index contributed by atoms with van der Waals surface area (Å²) in [4.78, 5) is 4.07. The Hall–Kier alpha value is -4.13. The molecule has 38 heavy (non-hydrogen) atoms. The van der Waals surface area contributed by atoms with E-state index in [0.29, 0.717) is 24.3 Å². The molecule has 4 aromatic rings. The van der Waals surface area contributed by atoms with Gasteiger partial charge in [0.1, 0.15) is 23.1 Å². The van der Waals surface area contributed by atoms with Gasteiger partial charge in [-0.15, -0.1) is 26.3 Å². The second-order valence-electron chi connectivity index (χ2n) is 7.64. The van der Waals surface area contributed by atoms with Crippen LogP contribution in [0.25, 0.3) is 11.3 Å². The van der Waals surface area contributed by atoms with Gasteiger partial charge < -0.3 is 19.8 Å². The van der Waals surface area contributed by atoms with E-state index in [1.807, 2.05) is 0 Å². The average Bonchev–Trinajstić information content (AvgIpc) is 3.27. The Morgan fingerprint density at radius 1 is 0.737 bits per heavy atom. The number of benzene rings is 3. The van der Waals surface area contributed by atoms with Gasteiger partial charge in [-0.3, -0.25) is 0 Å². The highest BCUT2D eigenvalue weighted by Gasteiger charge is 2.31. The van der Waals surface area contributed by atoms with Crippen LogP contribution in [0.15, 0.2) is 79.3 Å². The monoisotopic (exact) mass is 545 g/mol. The molecule has 202 valence electrons. The van der Waals surface area contributed by atoms with Crippen molar-refractivity contribution in [2.24, 2.45) is 5.73 Å². The highest BCUT2D eigenvalue weighted by molar-refractivity contribution is 5.59. The van der Waals surface area contributed by atoms with Crippen LogP contribution in [0.4, 0.5) is 35.1 Å². The van der Waals surface area contributed by atoms with Gasteiger partial charge in [0.25, 0.3) is 0 Å². The van der Waals surface area contributed by atoms with Crippen molar-refractivity contribution in [3.8, 4) is 22.8 Å². The minimum Gasteiger partial charge on any atom is -0.406 e. The summed E-state index contributed by atoms with van der Waals surface area (Å²) < 4.78 is 107. The molecule has 0 aliphatic rings. The Labute approximate surface area is 211 Å². The van der Waals surface area contributed by atoms with Gasteiger partial charge in [-0.05, 0) is 47.5 Å². The number of imidazole rings is 1. The van der Waals surface area contributed by atoms with Crippen molar-refractivity contribution in [2.75, 3.05) is 0 Å². The zero-order valence-electron chi connectivity index (χ0n) is 19.2. The molecule has 0 unspecified atom stereocenters. The summed E-state index contributed by atoms with van der Waals surface area (Å²) >= 11 is 0. The topological polar surface area (TPSA) is 62.3 Å². The Morgan fingerprint density at radius 3 is 1.74 bits per heavy atom. The van der Waals surface area contributed by atoms with Gasteiger partial charge in [0, 0.05) is 30.9 Å². The second-order valence-corrected chi connectivity index (χ2v) is 7.64. The third-order valence-corrected chi connectivity index (χ3v) is 4.76. The zero-order valence-corrected chi connectivity index (χ0v) is 19.2. The van der Waals surface area contributed by atoms with Crippen LogP contribution in [-0.4, -0.2) is 22.3 Å². The third kappa shape index (κ3) is 9.07. The van der Waals surface area contributed by atoms with Crippen molar-refractivity contribution < 1.29 is 44.6 Å². The fourth-order valence-electron chi connectivity index (χ4n) is 3.12. The van der Waals surface area contributed by atoms with Crippen LogP contribution in [-0.2, 0) is 13.1 Å². The van der Waals surface area contributed by atoms with E-state index in [9.17, 15) is 35.1 Å². The number of hydrogen-bond acceptors (Lipinski definition) is 4. The summed E-state index contributed by atoms with van der Waals surface area (Å²) in [5, 5.41) is 0. The molecule has 4 rings (SSSR count). The first-order valence-electron chi connectivity index (χ1n) is 10.7. The van der Waals surface area contributed by atoms with Gasteiger partial charge in [0.05, 0.1) is 12.0 Å². The summed E-state index contributed by atoms with van der Waals surface area (Å²) in [6.45, 7) is 0.619. The molecular weight excluding hydrogens is 526 g/mol. The number of ether oxygens (including phenoxy) is 2. The van der Waals surface area contributed by atoms with Crippen molar-refractivity contribution >= 4 is 0 Å². The van der Waals surface area contributed by atoms with Crippen molar-refractivity contribution in [1.29, 1.82) is 0 Å². The van der Waals surface area contributed by atoms with Crippen LogP contribution in [0.3, 0.4) is 0 Å². The van der Waals surface area contributed by atoms with Crippen LogP contribution in [0, 0.1) is 11.6 Å². The molecule has 1 heterocycles. The van der Waals surface area contributed by atoms with Gasteiger partial charge in [-0.1, -0.05) is 24.3 Å². The normalized spacial score (nSPS) is 11.5. The molecule has 0 fully saturated rings. The second kappa shape index (κ2) is 11.9. The molecule has 0 aliphatic heterocycles. The van der Waals surface area contributed by atoms with E-state index in [2.05, 4.69) is 14.5 Å². The lowest BCUT2D eigenvalue weighted by atomic mass is 10.1. The van der Waals surface area contributed by atoms with Crippen molar-refractivity contribution in [2.45, 2.75) is 25.8 Å². The fourth-order valence-corrected chi connectivity index (χ4v) is 3.12. The van der Waals surface area contributed by atoms with Crippen LogP contribution < -0.4 is 15.2 Å². The molecule has 3 aromatic carbocycles. The van der Waals surface area contributed by atoms with Gasteiger partial charge in [0.2, 0.25) is 0 Å². The summed E-state index contributed by atoms with van der Waals surface area (Å²) in [5.74, 6) is -1.94. The van der Waals surface area contributed by atoms with Crippen LogP contribution in [0.5, 0.6) is 11.5 Å². The highest BCUT2D eigenvalue weighted by atomic mass is 19.4. The zero-order chi connectivity index (χ0) is 27.9. The quantitative estimate of drug-likeness (QED) is 0.270. The molecule has 0 bridgehead atoms. The molecule has 0 saturated carbocycles. The molecular formula is C25H19F8N3O2. The van der Waals surface area contributed by atoms with Crippen molar-refractivity contribution in [3.05, 3.63) is 102 Å². The molecule has 0 atom stereocenters. The van der Waals surface area contributed by atoms with Gasteiger partial charge in [0.15, 0.2) is 0 Å². The Balaban J connectivity index is 0.000000260. The molecule has 1 aromatic heterocycles. The lowest BCUT2D eigenvalue weighted by Gasteiger charge is -2.09. The molecule has 13 heteroatoms.